The molecule has 1 saturated heterocycles. The normalized spacial score (nSPS) is 26.1. The number of hydrogen-bond acceptors (Lipinski definition) is 4. The van der Waals surface area contributed by atoms with Crippen LogP contribution in [0.2, 0.25) is 0 Å². The highest BCUT2D eigenvalue weighted by molar-refractivity contribution is 7.91. The first-order valence-corrected chi connectivity index (χ1v) is 6.48. The van der Waals surface area contributed by atoms with E-state index in [1.165, 1.54) is 0 Å². The van der Waals surface area contributed by atoms with Crippen LogP contribution in [0.25, 0.3) is 0 Å². The lowest BCUT2D eigenvalue weighted by Crippen LogP contribution is -2.50. The third-order valence-electron chi connectivity index (χ3n) is 2.35. The van der Waals surface area contributed by atoms with Crippen LogP contribution < -0.4 is 5.73 Å². The molecule has 1 heterocycles. The molecule has 0 aromatic rings. The Labute approximate surface area is 84.2 Å². The minimum atomic E-state index is -2.94. The first-order chi connectivity index (χ1) is 6.46. The van der Waals surface area contributed by atoms with Gasteiger partial charge in [-0.25, -0.2) is 8.42 Å². The fourth-order valence-electron chi connectivity index (χ4n) is 1.64. The topological polar surface area (TPSA) is 80.5 Å². The van der Waals surface area contributed by atoms with E-state index in [-0.39, 0.29) is 23.5 Å². The molecule has 1 atom stereocenters. The minimum absolute atomic E-state index is 0.0464. The second kappa shape index (κ2) is 4.27. The van der Waals surface area contributed by atoms with Crippen molar-refractivity contribution in [3.05, 3.63) is 0 Å². The summed E-state index contributed by atoms with van der Waals surface area (Å²) in [6.07, 6.45) is 0.296. The Kier molecular flexibility index (Phi) is 3.49. The van der Waals surface area contributed by atoms with Gasteiger partial charge in [0.05, 0.1) is 11.5 Å². The van der Waals surface area contributed by atoms with Crippen molar-refractivity contribution in [3.63, 3.8) is 0 Å². The van der Waals surface area contributed by atoms with Gasteiger partial charge in [-0.2, -0.15) is 0 Å². The summed E-state index contributed by atoms with van der Waals surface area (Å²) in [6.45, 7) is 2.38. The number of sulfone groups is 1. The minimum Gasteiger partial charge on any atom is -0.338 e. The highest BCUT2D eigenvalue weighted by atomic mass is 32.2. The maximum atomic E-state index is 11.5. The van der Waals surface area contributed by atoms with Crippen molar-refractivity contribution in [2.45, 2.75) is 19.4 Å². The molecular formula is C8H16N2O3S. The Morgan fingerprint density at radius 3 is 2.71 bits per heavy atom. The number of carbonyl (C=O) groups is 1. The van der Waals surface area contributed by atoms with Gasteiger partial charge in [-0.15, -0.1) is 0 Å². The SMILES string of the molecule is CC1CS(=O)(=O)CCN1C(=O)CCN. The number of nitrogens with two attached hydrogens (primary N) is 1. The molecule has 0 aliphatic carbocycles. The van der Waals surface area contributed by atoms with Crippen LogP contribution in [0.4, 0.5) is 0 Å². The number of carbonyl (C=O) groups excluding carboxylic acids is 1. The Morgan fingerprint density at radius 1 is 1.57 bits per heavy atom. The summed E-state index contributed by atoms with van der Waals surface area (Å²) in [7, 11) is -2.94. The summed E-state index contributed by atoms with van der Waals surface area (Å²) in [5, 5.41) is 0. The quantitative estimate of drug-likeness (QED) is 0.646. The van der Waals surface area contributed by atoms with Crippen LogP contribution in [-0.2, 0) is 14.6 Å². The summed E-state index contributed by atoms with van der Waals surface area (Å²) in [5.74, 6) is 0.103. The average molecular weight is 220 g/mol. The molecule has 1 rings (SSSR count). The Hall–Kier alpha value is -0.620. The van der Waals surface area contributed by atoms with Crippen molar-refractivity contribution >= 4 is 15.7 Å². The van der Waals surface area contributed by atoms with Crippen LogP contribution in [0, 0.1) is 0 Å². The number of rotatable bonds is 2. The Bertz CT molecular complexity index is 313. The van der Waals surface area contributed by atoms with Crippen LogP contribution in [0.3, 0.4) is 0 Å². The smallest absolute Gasteiger partial charge is 0.224 e. The molecule has 1 aliphatic heterocycles. The largest absolute Gasteiger partial charge is 0.338 e. The average Bonchev–Trinajstić information content (AvgIpc) is 2.02. The van der Waals surface area contributed by atoms with E-state index in [1.807, 2.05) is 0 Å². The lowest BCUT2D eigenvalue weighted by Gasteiger charge is -2.33. The summed E-state index contributed by atoms with van der Waals surface area (Å²) < 4.78 is 22.4. The third kappa shape index (κ3) is 2.68. The Morgan fingerprint density at radius 2 is 2.21 bits per heavy atom. The van der Waals surface area contributed by atoms with E-state index in [1.54, 1.807) is 11.8 Å². The van der Waals surface area contributed by atoms with Gasteiger partial charge in [0.1, 0.15) is 0 Å². The first kappa shape index (κ1) is 11.5. The van der Waals surface area contributed by atoms with E-state index >= 15 is 0 Å². The van der Waals surface area contributed by atoms with E-state index in [2.05, 4.69) is 0 Å². The van der Waals surface area contributed by atoms with Gasteiger partial charge in [-0.1, -0.05) is 0 Å². The first-order valence-electron chi connectivity index (χ1n) is 4.66. The highest BCUT2D eigenvalue weighted by Crippen LogP contribution is 2.12. The number of amides is 1. The standard InChI is InChI=1S/C8H16N2O3S/c1-7-6-14(12,13)5-4-10(7)8(11)2-3-9/h7H,2-6,9H2,1H3. The maximum Gasteiger partial charge on any atom is 0.224 e. The van der Waals surface area contributed by atoms with Crippen molar-refractivity contribution < 1.29 is 13.2 Å². The molecule has 14 heavy (non-hydrogen) atoms. The van der Waals surface area contributed by atoms with Gasteiger partial charge in [0.15, 0.2) is 9.84 Å². The van der Waals surface area contributed by atoms with Gasteiger partial charge in [-0.05, 0) is 6.92 Å². The van der Waals surface area contributed by atoms with Gasteiger partial charge >= 0.3 is 0 Å². The van der Waals surface area contributed by atoms with E-state index in [0.717, 1.165) is 0 Å². The van der Waals surface area contributed by atoms with Crippen LogP contribution >= 0.6 is 0 Å². The molecule has 2 N–H and O–H groups in total. The lowest BCUT2D eigenvalue weighted by molar-refractivity contribution is -0.132. The summed E-state index contributed by atoms with van der Waals surface area (Å²) in [5.41, 5.74) is 5.27. The molecule has 1 aliphatic rings. The van der Waals surface area contributed by atoms with Crippen molar-refractivity contribution in [2.75, 3.05) is 24.6 Å². The highest BCUT2D eigenvalue weighted by Gasteiger charge is 2.30. The van der Waals surface area contributed by atoms with Gasteiger partial charge in [0.25, 0.3) is 0 Å². The number of hydrogen-bond donors (Lipinski definition) is 1. The zero-order valence-electron chi connectivity index (χ0n) is 8.27. The fourth-order valence-corrected chi connectivity index (χ4v) is 3.19. The molecule has 0 aromatic carbocycles. The van der Waals surface area contributed by atoms with Gasteiger partial charge in [0, 0.05) is 25.6 Å². The lowest BCUT2D eigenvalue weighted by atomic mass is 10.2. The van der Waals surface area contributed by atoms with Gasteiger partial charge < -0.3 is 10.6 Å². The third-order valence-corrected chi connectivity index (χ3v) is 4.14. The maximum absolute atomic E-state index is 11.5. The molecule has 1 unspecified atom stereocenters. The summed E-state index contributed by atoms with van der Waals surface area (Å²) in [6, 6.07) is -0.215. The molecule has 1 fully saturated rings. The Balaban J connectivity index is 2.62. The zero-order valence-corrected chi connectivity index (χ0v) is 9.09. The van der Waals surface area contributed by atoms with Crippen LogP contribution in [-0.4, -0.2) is 49.9 Å². The second-order valence-electron chi connectivity index (χ2n) is 3.59. The van der Waals surface area contributed by atoms with Crippen molar-refractivity contribution in [3.8, 4) is 0 Å². The summed E-state index contributed by atoms with van der Waals surface area (Å²) >= 11 is 0. The van der Waals surface area contributed by atoms with Gasteiger partial charge in [-0.3, -0.25) is 4.79 Å². The molecule has 0 aromatic heterocycles. The van der Waals surface area contributed by atoms with E-state index in [4.69, 9.17) is 5.73 Å². The zero-order chi connectivity index (χ0) is 10.8. The molecule has 82 valence electrons. The fraction of sp³-hybridized carbons (Fsp3) is 0.875. The monoisotopic (exact) mass is 220 g/mol. The van der Waals surface area contributed by atoms with Gasteiger partial charge in [0.2, 0.25) is 5.91 Å². The molecule has 1 amide bonds. The molecule has 0 radical (unpaired) electrons. The van der Waals surface area contributed by atoms with Crippen molar-refractivity contribution in [1.82, 2.24) is 4.90 Å². The predicted molar refractivity (Wildman–Crippen MR) is 53.5 cm³/mol. The van der Waals surface area contributed by atoms with Crippen LogP contribution in [0.5, 0.6) is 0 Å². The molecule has 0 saturated carbocycles. The molecular weight excluding hydrogens is 204 g/mol. The van der Waals surface area contributed by atoms with E-state index in [0.29, 0.717) is 19.5 Å². The van der Waals surface area contributed by atoms with Crippen molar-refractivity contribution in [1.29, 1.82) is 0 Å². The van der Waals surface area contributed by atoms with Crippen LogP contribution in [0.1, 0.15) is 13.3 Å². The molecule has 0 bridgehead atoms. The second-order valence-corrected chi connectivity index (χ2v) is 5.82. The predicted octanol–water partition coefficient (Wildman–Crippen LogP) is -1.02. The van der Waals surface area contributed by atoms with E-state index < -0.39 is 9.84 Å². The van der Waals surface area contributed by atoms with Crippen LogP contribution in [0.15, 0.2) is 0 Å². The molecule has 6 heteroatoms. The van der Waals surface area contributed by atoms with E-state index in [9.17, 15) is 13.2 Å². The van der Waals surface area contributed by atoms with Crippen molar-refractivity contribution in [2.24, 2.45) is 5.73 Å². The molecule has 5 nitrogen and oxygen atoms in total. The molecule has 0 spiro atoms. The summed E-state index contributed by atoms with van der Waals surface area (Å²) in [4.78, 5) is 13.1. The number of nitrogens with zero attached hydrogens (tertiary/aromatic N) is 1.